The van der Waals surface area contributed by atoms with Gasteiger partial charge in [-0.3, -0.25) is 9.59 Å². The van der Waals surface area contributed by atoms with Crippen molar-refractivity contribution in [3.63, 3.8) is 0 Å². The Morgan fingerprint density at radius 1 is 1.25 bits per heavy atom. The Kier molecular flexibility index (Phi) is 6.05. The fraction of sp³-hybridized carbons (Fsp3) is 0.385. The Balaban J connectivity index is 2.52. The van der Waals surface area contributed by atoms with E-state index in [-0.39, 0.29) is 25.1 Å². The van der Waals surface area contributed by atoms with Crippen LogP contribution in [-0.4, -0.2) is 36.1 Å². The monoisotopic (exact) mass is 286 g/mol. The molecule has 0 saturated carbocycles. The molecule has 2 amide bonds. The van der Waals surface area contributed by atoms with Crippen LogP contribution in [0.3, 0.4) is 0 Å². The SMILES string of the molecule is C[C@H](NC(=O)Cc1cc(F)cc(F)c1)C(=O)NCCO. The van der Waals surface area contributed by atoms with Gasteiger partial charge in [-0.2, -0.15) is 0 Å². The van der Waals surface area contributed by atoms with E-state index in [1.165, 1.54) is 6.92 Å². The minimum atomic E-state index is -0.799. The highest BCUT2D eigenvalue weighted by Gasteiger charge is 2.15. The largest absolute Gasteiger partial charge is 0.395 e. The lowest BCUT2D eigenvalue weighted by molar-refractivity contribution is -0.128. The van der Waals surface area contributed by atoms with Crippen LogP contribution in [0.4, 0.5) is 8.78 Å². The molecule has 7 heteroatoms. The van der Waals surface area contributed by atoms with Crippen LogP contribution in [-0.2, 0) is 16.0 Å². The summed E-state index contributed by atoms with van der Waals surface area (Å²) >= 11 is 0. The molecule has 0 saturated heterocycles. The van der Waals surface area contributed by atoms with Crippen molar-refractivity contribution in [1.29, 1.82) is 0 Å². The molecule has 0 aliphatic carbocycles. The summed E-state index contributed by atoms with van der Waals surface area (Å²) in [4.78, 5) is 23.1. The fourth-order valence-electron chi connectivity index (χ4n) is 1.59. The molecule has 0 bridgehead atoms. The number of hydrogen-bond acceptors (Lipinski definition) is 3. The first-order valence-electron chi connectivity index (χ1n) is 6.05. The summed E-state index contributed by atoms with van der Waals surface area (Å²) in [5, 5.41) is 13.3. The summed E-state index contributed by atoms with van der Waals surface area (Å²) in [5.41, 5.74) is 0.183. The maximum Gasteiger partial charge on any atom is 0.242 e. The van der Waals surface area contributed by atoms with Gasteiger partial charge in [-0.25, -0.2) is 8.78 Å². The third-order valence-corrected chi connectivity index (χ3v) is 2.47. The number of rotatable bonds is 6. The number of aliphatic hydroxyl groups excluding tert-OH is 1. The highest BCUT2D eigenvalue weighted by atomic mass is 19.1. The summed E-state index contributed by atoms with van der Waals surface area (Å²) < 4.78 is 25.9. The quantitative estimate of drug-likeness (QED) is 0.695. The fourth-order valence-corrected chi connectivity index (χ4v) is 1.59. The molecule has 5 nitrogen and oxygen atoms in total. The van der Waals surface area contributed by atoms with Crippen molar-refractivity contribution in [1.82, 2.24) is 10.6 Å². The molecule has 0 aliphatic rings. The van der Waals surface area contributed by atoms with Crippen LogP contribution < -0.4 is 10.6 Å². The number of benzene rings is 1. The van der Waals surface area contributed by atoms with E-state index in [1.54, 1.807) is 0 Å². The number of amides is 2. The minimum absolute atomic E-state index is 0.0914. The van der Waals surface area contributed by atoms with Crippen molar-refractivity contribution >= 4 is 11.8 Å². The summed E-state index contributed by atoms with van der Waals surface area (Å²) in [6.07, 6.45) is -0.230. The summed E-state index contributed by atoms with van der Waals surface area (Å²) in [6.45, 7) is 1.36. The second-order valence-electron chi connectivity index (χ2n) is 4.26. The molecule has 0 aliphatic heterocycles. The Labute approximate surface area is 115 Å². The summed E-state index contributed by atoms with van der Waals surface area (Å²) in [5.74, 6) is -2.50. The molecule has 0 radical (unpaired) electrons. The van der Waals surface area contributed by atoms with E-state index in [4.69, 9.17) is 5.11 Å². The third kappa shape index (κ3) is 5.31. The van der Waals surface area contributed by atoms with Gasteiger partial charge in [-0.15, -0.1) is 0 Å². The van der Waals surface area contributed by atoms with Crippen molar-refractivity contribution in [2.45, 2.75) is 19.4 Å². The molecule has 0 spiro atoms. The van der Waals surface area contributed by atoms with Gasteiger partial charge in [-0.1, -0.05) is 0 Å². The number of halogens is 2. The summed E-state index contributed by atoms with van der Waals surface area (Å²) in [7, 11) is 0. The molecule has 1 atom stereocenters. The number of nitrogens with one attached hydrogen (secondary N) is 2. The van der Waals surface area contributed by atoms with Gasteiger partial charge in [0.15, 0.2) is 0 Å². The van der Waals surface area contributed by atoms with E-state index in [1.807, 2.05) is 0 Å². The average molecular weight is 286 g/mol. The van der Waals surface area contributed by atoms with Crippen molar-refractivity contribution in [3.05, 3.63) is 35.4 Å². The molecule has 1 aromatic carbocycles. The van der Waals surface area contributed by atoms with Crippen LogP contribution in [0.2, 0.25) is 0 Å². The van der Waals surface area contributed by atoms with Gasteiger partial charge in [0.25, 0.3) is 0 Å². The van der Waals surface area contributed by atoms with Gasteiger partial charge in [-0.05, 0) is 24.6 Å². The number of carbonyl (C=O) groups excluding carboxylic acids is 2. The van der Waals surface area contributed by atoms with Crippen LogP contribution in [0.15, 0.2) is 18.2 Å². The van der Waals surface area contributed by atoms with E-state index in [0.717, 1.165) is 12.1 Å². The number of hydrogen-bond donors (Lipinski definition) is 3. The molecule has 3 N–H and O–H groups in total. The van der Waals surface area contributed by atoms with Gasteiger partial charge in [0.1, 0.15) is 17.7 Å². The highest BCUT2D eigenvalue weighted by Crippen LogP contribution is 2.08. The highest BCUT2D eigenvalue weighted by molar-refractivity contribution is 5.88. The Hall–Kier alpha value is -2.02. The zero-order valence-corrected chi connectivity index (χ0v) is 11.0. The van der Waals surface area contributed by atoms with E-state index in [2.05, 4.69) is 10.6 Å². The third-order valence-electron chi connectivity index (χ3n) is 2.47. The Bertz CT molecular complexity index is 474. The number of carbonyl (C=O) groups is 2. The lowest BCUT2D eigenvalue weighted by Gasteiger charge is -2.13. The van der Waals surface area contributed by atoms with E-state index < -0.39 is 29.5 Å². The molecule has 0 fully saturated rings. The molecule has 1 aromatic rings. The van der Waals surface area contributed by atoms with Gasteiger partial charge in [0, 0.05) is 12.6 Å². The normalized spacial score (nSPS) is 11.8. The van der Waals surface area contributed by atoms with Gasteiger partial charge in [0.05, 0.1) is 13.0 Å². The molecular formula is C13H16F2N2O3. The molecule has 0 heterocycles. The molecule has 1 rings (SSSR count). The van der Waals surface area contributed by atoms with E-state index in [9.17, 15) is 18.4 Å². The van der Waals surface area contributed by atoms with Crippen molar-refractivity contribution in [2.24, 2.45) is 0 Å². The van der Waals surface area contributed by atoms with Crippen molar-refractivity contribution in [3.8, 4) is 0 Å². The first kappa shape index (κ1) is 16.0. The second-order valence-corrected chi connectivity index (χ2v) is 4.26. The lowest BCUT2D eigenvalue weighted by Crippen LogP contribution is -2.45. The zero-order valence-electron chi connectivity index (χ0n) is 11.0. The van der Waals surface area contributed by atoms with Gasteiger partial charge >= 0.3 is 0 Å². The van der Waals surface area contributed by atoms with Crippen molar-refractivity contribution < 1.29 is 23.5 Å². The first-order valence-corrected chi connectivity index (χ1v) is 6.05. The molecule has 110 valence electrons. The lowest BCUT2D eigenvalue weighted by atomic mass is 10.1. The standard InChI is InChI=1S/C13H16F2N2O3/c1-8(13(20)16-2-3-18)17-12(19)6-9-4-10(14)7-11(15)5-9/h4-5,7-8,18H,2-3,6H2,1H3,(H,16,20)(H,17,19)/t8-/m0/s1. The molecule has 0 aromatic heterocycles. The Morgan fingerprint density at radius 2 is 1.85 bits per heavy atom. The van der Waals surface area contributed by atoms with Crippen LogP contribution in [0, 0.1) is 11.6 Å². The van der Waals surface area contributed by atoms with Crippen LogP contribution in [0.5, 0.6) is 0 Å². The second kappa shape index (κ2) is 7.54. The van der Waals surface area contributed by atoms with Gasteiger partial charge in [0.2, 0.25) is 11.8 Å². The Morgan fingerprint density at radius 3 is 2.40 bits per heavy atom. The van der Waals surface area contributed by atoms with Crippen LogP contribution >= 0.6 is 0 Å². The molecule has 20 heavy (non-hydrogen) atoms. The van der Waals surface area contributed by atoms with Gasteiger partial charge < -0.3 is 15.7 Å². The van der Waals surface area contributed by atoms with Crippen LogP contribution in [0.25, 0.3) is 0 Å². The van der Waals surface area contributed by atoms with Crippen molar-refractivity contribution in [2.75, 3.05) is 13.2 Å². The maximum atomic E-state index is 12.9. The smallest absolute Gasteiger partial charge is 0.242 e. The topological polar surface area (TPSA) is 78.4 Å². The molecular weight excluding hydrogens is 270 g/mol. The average Bonchev–Trinajstić information content (AvgIpc) is 2.34. The minimum Gasteiger partial charge on any atom is -0.395 e. The van der Waals surface area contributed by atoms with Crippen LogP contribution in [0.1, 0.15) is 12.5 Å². The maximum absolute atomic E-state index is 12.9. The van der Waals surface area contributed by atoms with E-state index in [0.29, 0.717) is 6.07 Å². The predicted octanol–water partition coefficient (Wildman–Crippen LogP) is 0.120. The first-order chi connectivity index (χ1) is 9.42. The number of aliphatic hydroxyl groups is 1. The zero-order chi connectivity index (χ0) is 15.1. The molecule has 0 unspecified atom stereocenters. The summed E-state index contributed by atoms with van der Waals surface area (Å²) in [6, 6.07) is 2.03. The predicted molar refractivity (Wildman–Crippen MR) is 67.8 cm³/mol. The van der Waals surface area contributed by atoms with E-state index >= 15 is 0 Å².